The van der Waals surface area contributed by atoms with Gasteiger partial charge in [-0.05, 0) is 41.8 Å². The van der Waals surface area contributed by atoms with Crippen LogP contribution >= 0.6 is 22.7 Å². The normalized spacial score (nSPS) is 11.1. The number of amides is 1. The minimum absolute atomic E-state index is 0.175. The number of hydrogen-bond donors (Lipinski definition) is 0. The number of methoxy groups -OCH3 is 2. The van der Waals surface area contributed by atoms with Gasteiger partial charge in [0.2, 0.25) is 0 Å². The van der Waals surface area contributed by atoms with Crippen LogP contribution in [0.5, 0.6) is 11.5 Å². The number of carbonyl (C=O) groups is 1. The summed E-state index contributed by atoms with van der Waals surface area (Å²) in [5, 5.41) is 2.53. The van der Waals surface area contributed by atoms with Crippen molar-refractivity contribution in [3.05, 3.63) is 70.7 Å². The highest BCUT2D eigenvalue weighted by atomic mass is 32.1. The van der Waals surface area contributed by atoms with Crippen molar-refractivity contribution >= 4 is 50.0 Å². The first-order valence-corrected chi connectivity index (χ1v) is 10.8. The van der Waals surface area contributed by atoms with Crippen LogP contribution in [0.4, 0.5) is 5.13 Å². The Balaban J connectivity index is 1.75. The fraction of sp³-hybridized carbons (Fsp3) is 0.136. The van der Waals surface area contributed by atoms with E-state index >= 15 is 0 Å². The first-order valence-electron chi connectivity index (χ1n) is 9.14. The lowest BCUT2D eigenvalue weighted by Crippen LogP contribution is -2.29. The molecule has 0 saturated heterocycles. The van der Waals surface area contributed by atoms with E-state index in [0.29, 0.717) is 28.7 Å². The van der Waals surface area contributed by atoms with Gasteiger partial charge in [-0.2, -0.15) is 0 Å². The van der Waals surface area contributed by atoms with Crippen molar-refractivity contribution in [3.63, 3.8) is 0 Å². The number of ether oxygens (including phenoxy) is 2. The molecule has 1 amide bonds. The molecule has 4 rings (SSSR count). The highest BCUT2D eigenvalue weighted by Gasteiger charge is 2.22. The highest BCUT2D eigenvalue weighted by molar-refractivity contribution is 7.22. The molecule has 0 aliphatic rings. The first kappa shape index (κ1) is 20.1. The molecule has 0 N–H and O–H groups in total. The van der Waals surface area contributed by atoms with Crippen LogP contribution in [0, 0.1) is 0 Å². The van der Waals surface area contributed by atoms with E-state index in [9.17, 15) is 4.79 Å². The zero-order chi connectivity index (χ0) is 20.9. The third-order valence-electron chi connectivity index (χ3n) is 4.38. The van der Waals surface area contributed by atoms with Crippen molar-refractivity contribution in [1.29, 1.82) is 0 Å². The molecule has 0 unspecified atom stereocenters. The summed E-state index contributed by atoms with van der Waals surface area (Å²) < 4.78 is 11.8. The van der Waals surface area contributed by atoms with Crippen LogP contribution in [0.15, 0.2) is 60.1 Å². The summed E-state index contributed by atoms with van der Waals surface area (Å²) >= 11 is 2.96. The zero-order valence-corrected chi connectivity index (χ0v) is 18.1. The molecule has 0 fully saturated rings. The second kappa shape index (κ2) is 9.06. The summed E-state index contributed by atoms with van der Waals surface area (Å²) in [4.78, 5) is 24.9. The Morgan fingerprint density at radius 2 is 1.93 bits per heavy atom. The van der Waals surface area contributed by atoms with Gasteiger partial charge in [-0.15, -0.1) is 11.3 Å². The smallest absolute Gasteiger partial charge is 0.253 e. The molecule has 152 valence electrons. The van der Waals surface area contributed by atoms with Gasteiger partial charge in [0.15, 0.2) is 5.13 Å². The van der Waals surface area contributed by atoms with Crippen molar-refractivity contribution in [2.24, 2.45) is 0 Å². The largest absolute Gasteiger partial charge is 0.495 e. The number of thiophene rings is 1. The number of aromatic nitrogens is 2. The molecule has 3 heterocycles. The third-order valence-corrected chi connectivity index (χ3v) is 6.31. The van der Waals surface area contributed by atoms with Crippen molar-refractivity contribution < 1.29 is 14.3 Å². The van der Waals surface area contributed by atoms with Gasteiger partial charge in [0.25, 0.3) is 5.91 Å². The summed E-state index contributed by atoms with van der Waals surface area (Å²) in [5.41, 5.74) is 1.44. The molecule has 0 bridgehead atoms. The molecule has 0 radical (unpaired) electrons. The first-order chi connectivity index (χ1) is 14.7. The number of rotatable bonds is 7. The molecule has 0 atom stereocenters. The van der Waals surface area contributed by atoms with Crippen LogP contribution in [0.25, 0.3) is 16.3 Å². The van der Waals surface area contributed by atoms with Crippen LogP contribution in [0.2, 0.25) is 0 Å². The lowest BCUT2D eigenvalue weighted by Gasteiger charge is -2.17. The van der Waals surface area contributed by atoms with E-state index in [1.54, 1.807) is 42.7 Å². The molecule has 4 aromatic rings. The van der Waals surface area contributed by atoms with Crippen LogP contribution in [-0.2, 0) is 11.3 Å². The summed E-state index contributed by atoms with van der Waals surface area (Å²) in [7, 11) is 3.21. The standard InChI is InChI=1S/C22H19N3O3S2/c1-27-17-9-10-18(28-2)21-20(17)24-22(30-21)25(14-15-6-3-4-12-23-15)19(26)11-8-16-7-5-13-29-16/h3-13H,14H2,1-2H3. The van der Waals surface area contributed by atoms with Crippen molar-refractivity contribution in [2.45, 2.75) is 6.54 Å². The van der Waals surface area contributed by atoms with E-state index in [2.05, 4.69) is 4.98 Å². The topological polar surface area (TPSA) is 64.6 Å². The number of anilines is 1. The average molecular weight is 438 g/mol. The molecule has 8 heteroatoms. The minimum atomic E-state index is -0.175. The zero-order valence-electron chi connectivity index (χ0n) is 16.4. The predicted octanol–water partition coefficient (Wildman–Crippen LogP) is 5.02. The maximum absolute atomic E-state index is 13.1. The maximum Gasteiger partial charge on any atom is 0.253 e. The van der Waals surface area contributed by atoms with E-state index in [-0.39, 0.29) is 5.91 Å². The highest BCUT2D eigenvalue weighted by Crippen LogP contribution is 2.40. The van der Waals surface area contributed by atoms with Gasteiger partial charge in [0.05, 0.1) is 26.5 Å². The molecule has 30 heavy (non-hydrogen) atoms. The number of pyridine rings is 1. The molecule has 0 saturated carbocycles. The van der Waals surface area contributed by atoms with Crippen LogP contribution in [0.3, 0.4) is 0 Å². The average Bonchev–Trinajstić information content (AvgIpc) is 3.46. The van der Waals surface area contributed by atoms with Crippen LogP contribution < -0.4 is 14.4 Å². The summed E-state index contributed by atoms with van der Waals surface area (Å²) in [6.45, 7) is 0.304. The Morgan fingerprint density at radius 3 is 2.63 bits per heavy atom. The number of thiazole rings is 1. The van der Waals surface area contributed by atoms with Crippen molar-refractivity contribution in [1.82, 2.24) is 9.97 Å². The molecule has 0 spiro atoms. The van der Waals surface area contributed by atoms with Crippen molar-refractivity contribution in [3.8, 4) is 11.5 Å². The van der Waals surface area contributed by atoms with Gasteiger partial charge in [-0.1, -0.05) is 23.5 Å². The Hall–Kier alpha value is -3.23. The number of carbonyl (C=O) groups excluding carboxylic acids is 1. The molecule has 6 nitrogen and oxygen atoms in total. The summed E-state index contributed by atoms with van der Waals surface area (Å²) in [6.07, 6.45) is 5.09. The molecule has 0 aliphatic carbocycles. The van der Waals surface area contributed by atoms with E-state index in [4.69, 9.17) is 14.5 Å². The van der Waals surface area contributed by atoms with Gasteiger partial charge >= 0.3 is 0 Å². The Bertz CT molecular complexity index is 1130. The fourth-order valence-electron chi connectivity index (χ4n) is 2.91. The van der Waals surface area contributed by atoms with E-state index < -0.39 is 0 Å². The Labute approximate surface area is 182 Å². The van der Waals surface area contributed by atoms with Crippen molar-refractivity contribution in [2.75, 3.05) is 19.1 Å². The number of benzene rings is 1. The second-order valence-corrected chi connectivity index (χ2v) is 8.20. The third kappa shape index (κ3) is 4.19. The SMILES string of the molecule is COc1ccc(OC)c2sc(N(Cc3ccccn3)C(=O)C=Cc3cccs3)nc12. The van der Waals surface area contributed by atoms with Gasteiger partial charge in [-0.25, -0.2) is 4.98 Å². The maximum atomic E-state index is 13.1. The molecule has 3 aromatic heterocycles. The molecule has 0 aliphatic heterocycles. The Morgan fingerprint density at radius 1 is 1.10 bits per heavy atom. The second-order valence-electron chi connectivity index (χ2n) is 6.24. The number of nitrogens with zero attached hydrogens (tertiary/aromatic N) is 3. The van der Waals surface area contributed by atoms with Gasteiger partial charge in [-0.3, -0.25) is 14.7 Å². The predicted molar refractivity (Wildman–Crippen MR) is 122 cm³/mol. The molecule has 1 aromatic carbocycles. The summed E-state index contributed by atoms with van der Waals surface area (Å²) in [6, 6.07) is 13.2. The van der Waals surface area contributed by atoms with E-state index in [1.165, 1.54) is 11.3 Å². The molecular weight excluding hydrogens is 418 g/mol. The number of fused-ring (bicyclic) bond motifs is 1. The summed E-state index contributed by atoms with van der Waals surface area (Å²) in [5.74, 6) is 1.15. The van der Waals surface area contributed by atoms with E-state index in [1.807, 2.05) is 53.9 Å². The quantitative estimate of drug-likeness (QED) is 0.380. The number of hydrogen-bond acceptors (Lipinski definition) is 7. The van der Waals surface area contributed by atoms with Crippen LogP contribution in [-0.4, -0.2) is 30.1 Å². The lowest BCUT2D eigenvalue weighted by molar-refractivity contribution is -0.114. The molecular formula is C22H19N3O3S2. The lowest BCUT2D eigenvalue weighted by atomic mass is 10.3. The fourth-order valence-corrected chi connectivity index (χ4v) is 4.61. The van der Waals surface area contributed by atoms with Gasteiger partial charge < -0.3 is 9.47 Å². The van der Waals surface area contributed by atoms with E-state index in [0.717, 1.165) is 15.3 Å². The van der Waals surface area contributed by atoms with Crippen LogP contribution in [0.1, 0.15) is 10.6 Å². The Kier molecular flexibility index (Phi) is 6.06. The van der Waals surface area contributed by atoms with Gasteiger partial charge in [0, 0.05) is 17.2 Å². The monoisotopic (exact) mass is 437 g/mol. The minimum Gasteiger partial charge on any atom is -0.495 e. The van der Waals surface area contributed by atoms with Gasteiger partial charge in [0.1, 0.15) is 21.7 Å².